The van der Waals surface area contributed by atoms with Gasteiger partial charge in [0.15, 0.2) is 17.3 Å². The summed E-state index contributed by atoms with van der Waals surface area (Å²) in [5.41, 5.74) is 3.60. The molecule has 1 aliphatic rings. The molecule has 0 unspecified atom stereocenters. The lowest BCUT2D eigenvalue weighted by Gasteiger charge is -2.11. The van der Waals surface area contributed by atoms with Gasteiger partial charge in [-0.05, 0) is 30.7 Å². The van der Waals surface area contributed by atoms with Crippen LogP contribution in [0.3, 0.4) is 0 Å². The third-order valence-electron chi connectivity index (χ3n) is 3.41. The van der Waals surface area contributed by atoms with Gasteiger partial charge in [-0.2, -0.15) is 0 Å². The van der Waals surface area contributed by atoms with Crippen molar-refractivity contribution in [1.82, 2.24) is 4.98 Å². The van der Waals surface area contributed by atoms with Gasteiger partial charge in [-0.15, -0.1) is 0 Å². The van der Waals surface area contributed by atoms with Crippen molar-refractivity contribution in [3.05, 3.63) is 41.1 Å². The zero-order valence-electron chi connectivity index (χ0n) is 11.0. The Hall–Kier alpha value is -2.36. The lowest BCUT2D eigenvalue weighted by Crippen LogP contribution is -1.98. The molecule has 0 saturated heterocycles. The quantitative estimate of drug-likeness (QED) is 0.706. The number of ether oxygens (including phenoxy) is 2. The number of hydrogen-bond acceptors (Lipinski definition) is 4. The molecule has 1 aliphatic carbocycles. The van der Waals surface area contributed by atoms with Crippen molar-refractivity contribution in [2.24, 2.45) is 0 Å². The van der Waals surface area contributed by atoms with Crippen molar-refractivity contribution in [3.63, 3.8) is 0 Å². The standard InChI is InChI=1S/C15H13NO3/c1-8-6-7-16-13-11(8)14(17)9-4-5-10(18-2)15(19-3)12(9)13/h4-7H,1-3H3. The van der Waals surface area contributed by atoms with Crippen molar-refractivity contribution in [1.29, 1.82) is 0 Å². The summed E-state index contributed by atoms with van der Waals surface area (Å²) in [5, 5.41) is 0. The van der Waals surface area contributed by atoms with Crippen LogP contribution < -0.4 is 9.47 Å². The molecule has 19 heavy (non-hydrogen) atoms. The lowest BCUT2D eigenvalue weighted by atomic mass is 10.1. The van der Waals surface area contributed by atoms with E-state index in [9.17, 15) is 4.79 Å². The molecule has 4 heteroatoms. The smallest absolute Gasteiger partial charge is 0.196 e. The summed E-state index contributed by atoms with van der Waals surface area (Å²) in [5.74, 6) is 1.16. The number of carbonyl (C=O) groups is 1. The monoisotopic (exact) mass is 255 g/mol. The van der Waals surface area contributed by atoms with Crippen molar-refractivity contribution in [2.75, 3.05) is 14.2 Å². The van der Waals surface area contributed by atoms with Gasteiger partial charge >= 0.3 is 0 Å². The van der Waals surface area contributed by atoms with Gasteiger partial charge in [0, 0.05) is 11.8 Å². The second-order valence-electron chi connectivity index (χ2n) is 4.40. The van der Waals surface area contributed by atoms with E-state index in [-0.39, 0.29) is 5.78 Å². The Labute approximate surface area is 111 Å². The molecule has 3 rings (SSSR count). The number of fused-ring (bicyclic) bond motifs is 3. The van der Waals surface area contributed by atoms with Crippen LogP contribution >= 0.6 is 0 Å². The third kappa shape index (κ3) is 1.46. The molecule has 0 atom stereocenters. The summed E-state index contributed by atoms with van der Waals surface area (Å²) in [7, 11) is 3.14. The Kier molecular flexibility index (Phi) is 2.52. The maximum absolute atomic E-state index is 12.4. The summed E-state index contributed by atoms with van der Waals surface area (Å²) in [6, 6.07) is 5.35. The zero-order valence-corrected chi connectivity index (χ0v) is 11.0. The fourth-order valence-corrected chi connectivity index (χ4v) is 2.52. The van der Waals surface area contributed by atoms with E-state index >= 15 is 0 Å². The first-order valence-electron chi connectivity index (χ1n) is 5.94. The number of rotatable bonds is 2. The van der Waals surface area contributed by atoms with Crippen LogP contribution in [0.1, 0.15) is 21.5 Å². The predicted octanol–water partition coefficient (Wildman–Crippen LogP) is 2.62. The Morgan fingerprint density at radius 3 is 2.53 bits per heavy atom. The fourth-order valence-electron chi connectivity index (χ4n) is 2.52. The molecule has 96 valence electrons. The summed E-state index contributed by atoms with van der Waals surface area (Å²) >= 11 is 0. The van der Waals surface area contributed by atoms with Crippen molar-refractivity contribution in [3.8, 4) is 22.8 Å². The molecule has 0 saturated carbocycles. The molecule has 2 aromatic rings. The molecule has 4 nitrogen and oxygen atoms in total. The lowest BCUT2D eigenvalue weighted by molar-refractivity contribution is 0.104. The fraction of sp³-hybridized carbons (Fsp3) is 0.200. The van der Waals surface area contributed by atoms with Crippen LogP contribution in [0.5, 0.6) is 11.5 Å². The molecule has 0 aliphatic heterocycles. The topological polar surface area (TPSA) is 48.4 Å². The van der Waals surface area contributed by atoms with Crippen LogP contribution in [0, 0.1) is 6.92 Å². The van der Waals surface area contributed by atoms with Gasteiger partial charge in [-0.3, -0.25) is 9.78 Å². The van der Waals surface area contributed by atoms with E-state index in [0.29, 0.717) is 28.3 Å². The van der Waals surface area contributed by atoms with E-state index in [4.69, 9.17) is 9.47 Å². The van der Waals surface area contributed by atoms with Gasteiger partial charge in [0.25, 0.3) is 0 Å². The summed E-state index contributed by atoms with van der Waals surface area (Å²) < 4.78 is 10.7. The van der Waals surface area contributed by atoms with E-state index in [1.165, 1.54) is 0 Å². The molecule has 0 bridgehead atoms. The van der Waals surface area contributed by atoms with E-state index in [2.05, 4.69) is 4.98 Å². The summed E-state index contributed by atoms with van der Waals surface area (Å²) in [6.45, 7) is 1.91. The number of methoxy groups -OCH3 is 2. The van der Waals surface area contributed by atoms with Crippen LogP contribution in [0.4, 0.5) is 0 Å². The molecular weight excluding hydrogens is 242 g/mol. The number of carbonyl (C=O) groups excluding carboxylic acids is 1. The number of aryl methyl sites for hydroxylation is 1. The Balaban J connectivity index is 2.40. The van der Waals surface area contributed by atoms with E-state index in [1.807, 2.05) is 13.0 Å². The van der Waals surface area contributed by atoms with Crippen LogP contribution in [-0.2, 0) is 0 Å². The Morgan fingerprint density at radius 2 is 1.84 bits per heavy atom. The number of benzene rings is 1. The first-order valence-corrected chi connectivity index (χ1v) is 5.94. The van der Waals surface area contributed by atoms with Gasteiger partial charge in [0.2, 0.25) is 0 Å². The molecular formula is C15H13NO3. The van der Waals surface area contributed by atoms with Gasteiger partial charge in [0.1, 0.15) is 0 Å². The van der Waals surface area contributed by atoms with Crippen LogP contribution in [0.25, 0.3) is 11.3 Å². The Morgan fingerprint density at radius 1 is 1.05 bits per heavy atom. The number of nitrogens with zero attached hydrogens (tertiary/aromatic N) is 1. The Bertz CT molecular complexity index is 692. The minimum atomic E-state index is -0.00319. The van der Waals surface area contributed by atoms with Gasteiger partial charge in [-0.25, -0.2) is 0 Å². The predicted molar refractivity (Wildman–Crippen MR) is 70.9 cm³/mol. The number of aromatic nitrogens is 1. The van der Waals surface area contributed by atoms with Crippen LogP contribution in [0.2, 0.25) is 0 Å². The van der Waals surface area contributed by atoms with Gasteiger partial charge in [-0.1, -0.05) is 0 Å². The highest BCUT2D eigenvalue weighted by atomic mass is 16.5. The molecule has 1 heterocycles. The minimum absolute atomic E-state index is 0.00319. The SMILES string of the molecule is COc1ccc2c(c1OC)-c1nccc(C)c1C2=O. The second-order valence-corrected chi connectivity index (χ2v) is 4.40. The maximum atomic E-state index is 12.4. The number of hydrogen-bond donors (Lipinski definition) is 0. The molecule has 0 N–H and O–H groups in total. The first kappa shape index (κ1) is 11.7. The highest BCUT2D eigenvalue weighted by Crippen LogP contribution is 2.46. The molecule has 1 aromatic carbocycles. The molecule has 0 spiro atoms. The number of ketones is 1. The normalized spacial score (nSPS) is 12.1. The van der Waals surface area contributed by atoms with E-state index in [1.54, 1.807) is 32.5 Å². The van der Waals surface area contributed by atoms with Crippen LogP contribution in [-0.4, -0.2) is 25.0 Å². The largest absolute Gasteiger partial charge is 0.493 e. The summed E-state index contributed by atoms with van der Waals surface area (Å²) in [4.78, 5) is 16.8. The maximum Gasteiger partial charge on any atom is 0.196 e. The minimum Gasteiger partial charge on any atom is -0.493 e. The molecule has 0 fully saturated rings. The van der Waals surface area contributed by atoms with Crippen molar-refractivity contribution in [2.45, 2.75) is 6.92 Å². The van der Waals surface area contributed by atoms with Gasteiger partial charge < -0.3 is 9.47 Å². The highest BCUT2D eigenvalue weighted by molar-refractivity contribution is 6.22. The van der Waals surface area contributed by atoms with Crippen molar-refractivity contribution < 1.29 is 14.3 Å². The molecule has 0 amide bonds. The average molecular weight is 255 g/mol. The molecule has 0 radical (unpaired) electrons. The average Bonchev–Trinajstić information content (AvgIpc) is 2.72. The zero-order chi connectivity index (χ0) is 13.6. The third-order valence-corrected chi connectivity index (χ3v) is 3.41. The van der Waals surface area contributed by atoms with Crippen LogP contribution in [0.15, 0.2) is 24.4 Å². The highest BCUT2D eigenvalue weighted by Gasteiger charge is 2.33. The number of pyridine rings is 1. The van der Waals surface area contributed by atoms with Crippen molar-refractivity contribution >= 4 is 5.78 Å². The second kappa shape index (κ2) is 4.09. The van der Waals surface area contributed by atoms with Gasteiger partial charge in [0.05, 0.1) is 31.0 Å². The van der Waals surface area contributed by atoms with E-state index < -0.39 is 0 Å². The first-order chi connectivity index (χ1) is 9.19. The summed E-state index contributed by atoms with van der Waals surface area (Å²) in [6.07, 6.45) is 1.70. The van der Waals surface area contributed by atoms with E-state index in [0.717, 1.165) is 11.1 Å². The molecule has 1 aromatic heterocycles.